The normalized spacial score (nSPS) is 10.4. The van der Waals surface area contributed by atoms with Gasteiger partial charge in [-0.25, -0.2) is 8.78 Å². The standard InChI is InChI=1S/C12H11F2N3OS/c13-10-2-1-9(5-11(10)14)19-4-3-12(18)17-8-6-15-16-7-8/h1-2,5-7H,3-4H2,(H,15,16)(H,17,18). The minimum atomic E-state index is -0.882. The second-order valence-corrected chi connectivity index (χ2v) is 4.88. The second-order valence-electron chi connectivity index (χ2n) is 3.71. The number of carbonyl (C=O) groups is 1. The Morgan fingerprint density at radius 3 is 2.89 bits per heavy atom. The van der Waals surface area contributed by atoms with Crippen LogP contribution in [0.15, 0.2) is 35.5 Å². The van der Waals surface area contributed by atoms with Crippen molar-refractivity contribution in [3.63, 3.8) is 0 Å². The molecule has 4 nitrogen and oxygen atoms in total. The number of nitrogens with one attached hydrogen (secondary N) is 2. The fourth-order valence-electron chi connectivity index (χ4n) is 1.37. The molecule has 0 aliphatic heterocycles. The Bertz CT molecular complexity index is 560. The van der Waals surface area contributed by atoms with E-state index >= 15 is 0 Å². The molecule has 0 unspecified atom stereocenters. The average Bonchev–Trinajstić information content (AvgIpc) is 2.86. The maximum Gasteiger partial charge on any atom is 0.225 e. The van der Waals surface area contributed by atoms with Crippen LogP contribution in [0.1, 0.15) is 6.42 Å². The number of rotatable bonds is 5. The number of aromatic nitrogens is 2. The first kappa shape index (κ1) is 13.5. The lowest BCUT2D eigenvalue weighted by molar-refractivity contribution is -0.115. The number of aromatic amines is 1. The van der Waals surface area contributed by atoms with E-state index in [1.165, 1.54) is 24.0 Å². The van der Waals surface area contributed by atoms with Crippen LogP contribution in [0.3, 0.4) is 0 Å². The van der Waals surface area contributed by atoms with Crippen molar-refractivity contribution in [1.29, 1.82) is 0 Å². The van der Waals surface area contributed by atoms with Gasteiger partial charge in [-0.1, -0.05) is 0 Å². The molecule has 1 aromatic heterocycles. The third kappa shape index (κ3) is 4.06. The van der Waals surface area contributed by atoms with Gasteiger partial charge in [0.2, 0.25) is 5.91 Å². The van der Waals surface area contributed by atoms with Gasteiger partial charge in [-0.3, -0.25) is 9.89 Å². The van der Waals surface area contributed by atoms with E-state index in [-0.39, 0.29) is 12.3 Å². The second kappa shape index (κ2) is 6.33. The molecule has 0 fully saturated rings. The van der Waals surface area contributed by atoms with Crippen LogP contribution in [0.2, 0.25) is 0 Å². The summed E-state index contributed by atoms with van der Waals surface area (Å²) in [5, 5.41) is 8.93. The molecule has 0 bridgehead atoms. The first-order chi connectivity index (χ1) is 9.15. The van der Waals surface area contributed by atoms with Crippen LogP contribution in [-0.2, 0) is 4.79 Å². The molecule has 0 radical (unpaired) electrons. The van der Waals surface area contributed by atoms with Crippen molar-refractivity contribution in [3.8, 4) is 0 Å². The quantitative estimate of drug-likeness (QED) is 0.830. The summed E-state index contributed by atoms with van der Waals surface area (Å²) in [5.74, 6) is -1.43. The van der Waals surface area contributed by atoms with E-state index in [4.69, 9.17) is 0 Å². The summed E-state index contributed by atoms with van der Waals surface area (Å²) in [5.41, 5.74) is 0.600. The summed E-state index contributed by atoms with van der Waals surface area (Å²) in [4.78, 5) is 12.1. The number of nitrogens with zero attached hydrogens (tertiary/aromatic N) is 1. The number of amides is 1. The molecule has 2 N–H and O–H groups in total. The van der Waals surface area contributed by atoms with Gasteiger partial charge in [-0.15, -0.1) is 11.8 Å². The molecule has 0 spiro atoms. The molecule has 1 amide bonds. The average molecular weight is 283 g/mol. The lowest BCUT2D eigenvalue weighted by Gasteiger charge is -2.03. The van der Waals surface area contributed by atoms with Gasteiger partial charge in [0.25, 0.3) is 0 Å². The number of benzene rings is 1. The Kier molecular flexibility index (Phi) is 4.51. The summed E-state index contributed by atoms with van der Waals surface area (Å²) in [6.07, 6.45) is 3.34. The Balaban J connectivity index is 1.76. The van der Waals surface area contributed by atoms with Crippen molar-refractivity contribution < 1.29 is 13.6 Å². The largest absolute Gasteiger partial charge is 0.323 e. The molecule has 7 heteroatoms. The molecule has 100 valence electrons. The maximum absolute atomic E-state index is 12.9. The number of hydrogen-bond donors (Lipinski definition) is 2. The molecule has 0 saturated carbocycles. The highest BCUT2D eigenvalue weighted by Gasteiger charge is 2.06. The van der Waals surface area contributed by atoms with Crippen molar-refractivity contribution in [1.82, 2.24) is 10.2 Å². The van der Waals surface area contributed by atoms with E-state index in [1.54, 1.807) is 6.20 Å². The van der Waals surface area contributed by atoms with Gasteiger partial charge in [0.1, 0.15) is 0 Å². The van der Waals surface area contributed by atoms with Crippen LogP contribution < -0.4 is 5.32 Å². The minimum absolute atomic E-state index is 0.156. The zero-order chi connectivity index (χ0) is 13.7. The van der Waals surface area contributed by atoms with E-state index < -0.39 is 11.6 Å². The van der Waals surface area contributed by atoms with E-state index in [2.05, 4.69) is 15.5 Å². The molecule has 1 aromatic carbocycles. The fourth-order valence-corrected chi connectivity index (χ4v) is 2.25. The van der Waals surface area contributed by atoms with Crippen LogP contribution in [0.4, 0.5) is 14.5 Å². The van der Waals surface area contributed by atoms with Gasteiger partial charge in [0.05, 0.1) is 11.9 Å². The highest BCUT2D eigenvalue weighted by molar-refractivity contribution is 7.99. The Morgan fingerprint density at radius 1 is 1.37 bits per heavy atom. The molecule has 0 aliphatic carbocycles. The Morgan fingerprint density at radius 2 is 2.21 bits per heavy atom. The van der Waals surface area contributed by atoms with Crippen LogP contribution >= 0.6 is 11.8 Å². The molecular weight excluding hydrogens is 272 g/mol. The smallest absolute Gasteiger partial charge is 0.225 e. The van der Waals surface area contributed by atoms with E-state index in [9.17, 15) is 13.6 Å². The van der Waals surface area contributed by atoms with Gasteiger partial charge in [0.15, 0.2) is 11.6 Å². The SMILES string of the molecule is O=C(CCSc1ccc(F)c(F)c1)Nc1cn[nH]c1. The molecule has 2 aromatic rings. The fraction of sp³-hybridized carbons (Fsp3) is 0.167. The molecule has 19 heavy (non-hydrogen) atoms. The topological polar surface area (TPSA) is 57.8 Å². The number of carbonyl (C=O) groups excluding carboxylic acids is 1. The van der Waals surface area contributed by atoms with Crippen molar-refractivity contribution in [3.05, 3.63) is 42.2 Å². The van der Waals surface area contributed by atoms with Gasteiger partial charge in [-0.2, -0.15) is 5.10 Å². The molecule has 1 heterocycles. The summed E-state index contributed by atoms with van der Waals surface area (Å²) in [7, 11) is 0. The Hall–Kier alpha value is -1.89. The molecule has 2 rings (SSSR count). The van der Waals surface area contributed by atoms with Crippen LogP contribution in [0.5, 0.6) is 0 Å². The van der Waals surface area contributed by atoms with Gasteiger partial charge >= 0.3 is 0 Å². The number of H-pyrrole nitrogens is 1. The predicted molar refractivity (Wildman–Crippen MR) is 68.9 cm³/mol. The van der Waals surface area contributed by atoms with Crippen molar-refractivity contribution in [2.45, 2.75) is 11.3 Å². The predicted octanol–water partition coefficient (Wildman–Crippen LogP) is 2.81. The lowest BCUT2D eigenvalue weighted by Crippen LogP contribution is -2.11. The van der Waals surface area contributed by atoms with E-state index in [0.29, 0.717) is 16.3 Å². The summed E-state index contributed by atoms with van der Waals surface area (Å²) in [6, 6.07) is 3.67. The minimum Gasteiger partial charge on any atom is -0.323 e. The summed E-state index contributed by atoms with van der Waals surface area (Å²) < 4.78 is 25.6. The van der Waals surface area contributed by atoms with Gasteiger partial charge in [0, 0.05) is 23.3 Å². The summed E-state index contributed by atoms with van der Waals surface area (Å²) >= 11 is 1.29. The molecule has 0 atom stereocenters. The van der Waals surface area contributed by atoms with Gasteiger partial charge in [-0.05, 0) is 18.2 Å². The first-order valence-electron chi connectivity index (χ1n) is 5.51. The highest BCUT2D eigenvalue weighted by atomic mass is 32.2. The monoisotopic (exact) mass is 283 g/mol. The zero-order valence-electron chi connectivity index (χ0n) is 9.82. The Labute approximate surface area is 112 Å². The van der Waals surface area contributed by atoms with E-state index in [0.717, 1.165) is 12.1 Å². The highest BCUT2D eigenvalue weighted by Crippen LogP contribution is 2.21. The van der Waals surface area contributed by atoms with Crippen molar-refractivity contribution >= 4 is 23.4 Å². The number of hydrogen-bond acceptors (Lipinski definition) is 3. The molecular formula is C12H11F2N3OS. The number of anilines is 1. The van der Waals surface area contributed by atoms with Crippen LogP contribution in [0, 0.1) is 11.6 Å². The van der Waals surface area contributed by atoms with Crippen LogP contribution in [0.25, 0.3) is 0 Å². The van der Waals surface area contributed by atoms with Crippen molar-refractivity contribution in [2.75, 3.05) is 11.1 Å². The zero-order valence-corrected chi connectivity index (χ0v) is 10.6. The third-order valence-electron chi connectivity index (χ3n) is 2.27. The number of halogens is 2. The van der Waals surface area contributed by atoms with Gasteiger partial charge < -0.3 is 5.32 Å². The third-order valence-corrected chi connectivity index (χ3v) is 3.27. The summed E-state index contributed by atoms with van der Waals surface area (Å²) in [6.45, 7) is 0. The molecule has 0 aliphatic rings. The number of thioether (sulfide) groups is 1. The molecule has 0 saturated heterocycles. The van der Waals surface area contributed by atoms with Crippen LogP contribution in [-0.4, -0.2) is 21.9 Å². The lowest BCUT2D eigenvalue weighted by atomic mass is 10.3. The maximum atomic E-state index is 12.9. The first-order valence-corrected chi connectivity index (χ1v) is 6.50. The van der Waals surface area contributed by atoms with E-state index in [1.807, 2.05) is 0 Å². The van der Waals surface area contributed by atoms with Crippen molar-refractivity contribution in [2.24, 2.45) is 0 Å².